The van der Waals surface area contributed by atoms with Crippen LogP contribution in [0.2, 0.25) is 0 Å². The SMILES string of the molecule is COc1ccc([C@H]2C(=C(O)c3ccc(OC)c(C)c3)C(=O)C(=O)N2CCCN2CCOCC2)c(OC)c1. The first-order chi connectivity index (χ1) is 17.9. The number of morpholine rings is 1. The molecule has 198 valence electrons. The molecule has 0 aromatic heterocycles. The first-order valence-corrected chi connectivity index (χ1v) is 12.3. The van der Waals surface area contributed by atoms with Gasteiger partial charge in [-0.2, -0.15) is 0 Å². The van der Waals surface area contributed by atoms with E-state index in [1.54, 1.807) is 50.6 Å². The maximum absolute atomic E-state index is 13.4. The Morgan fingerprint density at radius 3 is 2.35 bits per heavy atom. The molecule has 2 heterocycles. The molecule has 0 unspecified atom stereocenters. The van der Waals surface area contributed by atoms with E-state index < -0.39 is 17.7 Å². The summed E-state index contributed by atoms with van der Waals surface area (Å²) in [5.74, 6) is 0.102. The van der Waals surface area contributed by atoms with Crippen molar-refractivity contribution in [3.63, 3.8) is 0 Å². The minimum absolute atomic E-state index is 0.0319. The smallest absolute Gasteiger partial charge is 0.295 e. The van der Waals surface area contributed by atoms with Gasteiger partial charge in [0, 0.05) is 43.4 Å². The van der Waals surface area contributed by atoms with Gasteiger partial charge in [-0.25, -0.2) is 0 Å². The van der Waals surface area contributed by atoms with Crippen LogP contribution in [0.15, 0.2) is 42.0 Å². The minimum Gasteiger partial charge on any atom is -0.507 e. The van der Waals surface area contributed by atoms with Crippen molar-refractivity contribution >= 4 is 17.4 Å². The monoisotopic (exact) mass is 510 g/mol. The van der Waals surface area contributed by atoms with E-state index in [0.29, 0.717) is 54.6 Å². The topological polar surface area (TPSA) is 97.8 Å². The van der Waals surface area contributed by atoms with Gasteiger partial charge in [0.2, 0.25) is 0 Å². The van der Waals surface area contributed by atoms with E-state index in [9.17, 15) is 14.7 Å². The molecule has 2 fully saturated rings. The summed E-state index contributed by atoms with van der Waals surface area (Å²) in [5, 5.41) is 11.4. The Labute approximate surface area is 217 Å². The molecule has 9 heteroatoms. The third kappa shape index (κ3) is 5.42. The molecule has 2 saturated heterocycles. The number of amides is 1. The molecule has 1 atom stereocenters. The van der Waals surface area contributed by atoms with Crippen LogP contribution in [0.4, 0.5) is 0 Å². The van der Waals surface area contributed by atoms with Crippen LogP contribution >= 0.6 is 0 Å². The number of likely N-dealkylation sites (tertiary alicyclic amines) is 1. The van der Waals surface area contributed by atoms with Crippen LogP contribution in [0.25, 0.3) is 5.76 Å². The fraction of sp³-hybridized carbons (Fsp3) is 0.429. The highest BCUT2D eigenvalue weighted by molar-refractivity contribution is 6.46. The number of Topliss-reactive ketones (excluding diaryl/α,β-unsaturated/α-hetero) is 1. The van der Waals surface area contributed by atoms with Gasteiger partial charge in [0.25, 0.3) is 11.7 Å². The molecule has 2 aromatic carbocycles. The zero-order valence-corrected chi connectivity index (χ0v) is 21.8. The van der Waals surface area contributed by atoms with E-state index in [2.05, 4.69) is 4.90 Å². The van der Waals surface area contributed by atoms with Crippen molar-refractivity contribution in [3.05, 3.63) is 58.7 Å². The number of hydrogen-bond acceptors (Lipinski definition) is 8. The lowest BCUT2D eigenvalue weighted by Crippen LogP contribution is -2.39. The summed E-state index contributed by atoms with van der Waals surface area (Å²) in [4.78, 5) is 30.5. The average Bonchev–Trinajstić information content (AvgIpc) is 3.17. The van der Waals surface area contributed by atoms with Gasteiger partial charge in [-0.05, 0) is 49.2 Å². The van der Waals surface area contributed by atoms with Crippen molar-refractivity contribution < 1.29 is 33.6 Å². The highest BCUT2D eigenvalue weighted by Crippen LogP contribution is 2.44. The first kappa shape index (κ1) is 26.5. The molecular formula is C28H34N2O7. The lowest BCUT2D eigenvalue weighted by molar-refractivity contribution is -0.140. The average molecular weight is 511 g/mol. The number of nitrogens with zero attached hydrogens (tertiary/aromatic N) is 2. The molecule has 0 bridgehead atoms. The maximum Gasteiger partial charge on any atom is 0.295 e. The first-order valence-electron chi connectivity index (χ1n) is 12.3. The summed E-state index contributed by atoms with van der Waals surface area (Å²) in [6.45, 7) is 6.03. The second-order valence-electron chi connectivity index (χ2n) is 9.09. The number of aryl methyl sites for hydroxylation is 1. The molecule has 2 aliphatic heterocycles. The largest absolute Gasteiger partial charge is 0.507 e. The standard InChI is InChI=1S/C28H34N2O7/c1-18-16-19(6-9-22(18)35-3)26(31)24-25(21-8-7-20(34-2)17-23(21)36-4)30(28(33)27(24)32)11-5-10-29-12-14-37-15-13-29/h6-9,16-17,25,31H,5,10-15H2,1-4H3/t25-/m0/s1. The van der Waals surface area contributed by atoms with E-state index in [0.717, 1.165) is 25.2 Å². The Morgan fingerprint density at radius 2 is 1.70 bits per heavy atom. The molecule has 2 aliphatic rings. The molecule has 9 nitrogen and oxygen atoms in total. The maximum atomic E-state index is 13.4. The Hall–Kier alpha value is -3.56. The molecular weight excluding hydrogens is 476 g/mol. The summed E-state index contributed by atoms with van der Waals surface area (Å²) in [6.07, 6.45) is 0.670. The fourth-order valence-electron chi connectivity index (χ4n) is 4.95. The van der Waals surface area contributed by atoms with Crippen molar-refractivity contribution in [2.24, 2.45) is 0 Å². The quantitative estimate of drug-likeness (QED) is 0.312. The summed E-state index contributed by atoms with van der Waals surface area (Å²) < 4.78 is 21.7. The zero-order chi connectivity index (χ0) is 26.5. The Kier molecular flexibility index (Phi) is 8.35. The lowest BCUT2D eigenvalue weighted by atomic mass is 9.94. The van der Waals surface area contributed by atoms with Crippen LogP contribution < -0.4 is 14.2 Å². The van der Waals surface area contributed by atoms with Gasteiger partial charge in [0.15, 0.2) is 0 Å². The number of ether oxygens (including phenoxy) is 4. The van der Waals surface area contributed by atoms with E-state index in [1.807, 2.05) is 6.92 Å². The van der Waals surface area contributed by atoms with Crippen LogP contribution in [0.3, 0.4) is 0 Å². The Balaban J connectivity index is 1.75. The zero-order valence-electron chi connectivity index (χ0n) is 21.8. The van der Waals surface area contributed by atoms with Crippen LogP contribution in [-0.2, 0) is 14.3 Å². The fourth-order valence-corrected chi connectivity index (χ4v) is 4.95. The highest BCUT2D eigenvalue weighted by atomic mass is 16.5. The molecule has 1 amide bonds. The number of ketones is 1. The third-order valence-electron chi connectivity index (χ3n) is 6.92. The molecule has 0 spiro atoms. The molecule has 0 aliphatic carbocycles. The number of benzene rings is 2. The summed E-state index contributed by atoms with van der Waals surface area (Å²) in [6, 6.07) is 9.57. The number of carbonyl (C=O) groups excluding carboxylic acids is 2. The van der Waals surface area contributed by atoms with Crippen molar-refractivity contribution in [2.75, 3.05) is 60.7 Å². The van der Waals surface area contributed by atoms with Gasteiger partial charge >= 0.3 is 0 Å². The van der Waals surface area contributed by atoms with Crippen molar-refractivity contribution in [3.8, 4) is 17.2 Å². The number of aliphatic hydroxyl groups is 1. The lowest BCUT2D eigenvalue weighted by Gasteiger charge is -2.29. The second kappa shape index (κ2) is 11.7. The van der Waals surface area contributed by atoms with Crippen LogP contribution in [0, 0.1) is 6.92 Å². The number of methoxy groups -OCH3 is 3. The third-order valence-corrected chi connectivity index (χ3v) is 6.92. The predicted molar refractivity (Wildman–Crippen MR) is 138 cm³/mol. The summed E-state index contributed by atoms with van der Waals surface area (Å²) in [7, 11) is 4.65. The van der Waals surface area contributed by atoms with Gasteiger partial charge < -0.3 is 29.0 Å². The number of aliphatic hydroxyl groups excluding tert-OH is 1. The van der Waals surface area contributed by atoms with Crippen LogP contribution in [-0.4, -0.2) is 87.3 Å². The molecule has 0 radical (unpaired) electrons. The number of rotatable bonds is 9. The van der Waals surface area contributed by atoms with Crippen LogP contribution in [0.1, 0.15) is 29.2 Å². The van der Waals surface area contributed by atoms with E-state index >= 15 is 0 Å². The summed E-state index contributed by atoms with van der Waals surface area (Å²) >= 11 is 0. The second-order valence-corrected chi connectivity index (χ2v) is 9.09. The predicted octanol–water partition coefficient (Wildman–Crippen LogP) is 3.16. The van der Waals surface area contributed by atoms with E-state index in [-0.39, 0.29) is 11.3 Å². The van der Waals surface area contributed by atoms with Crippen LogP contribution in [0.5, 0.6) is 17.2 Å². The van der Waals surface area contributed by atoms with Gasteiger partial charge in [-0.3, -0.25) is 14.5 Å². The minimum atomic E-state index is -0.812. The van der Waals surface area contributed by atoms with Crippen molar-refractivity contribution in [1.82, 2.24) is 9.80 Å². The van der Waals surface area contributed by atoms with Gasteiger partial charge in [-0.1, -0.05) is 0 Å². The Morgan fingerprint density at radius 1 is 0.973 bits per heavy atom. The molecule has 37 heavy (non-hydrogen) atoms. The van der Waals surface area contributed by atoms with Gasteiger partial charge in [0.1, 0.15) is 23.0 Å². The number of hydrogen-bond donors (Lipinski definition) is 1. The normalized spacial score (nSPS) is 19.8. The molecule has 0 saturated carbocycles. The van der Waals surface area contributed by atoms with Crippen molar-refractivity contribution in [1.29, 1.82) is 0 Å². The van der Waals surface area contributed by atoms with Gasteiger partial charge in [-0.15, -0.1) is 0 Å². The van der Waals surface area contributed by atoms with E-state index in [4.69, 9.17) is 18.9 Å². The Bertz CT molecular complexity index is 1190. The molecule has 2 aromatic rings. The highest BCUT2D eigenvalue weighted by Gasteiger charge is 2.47. The van der Waals surface area contributed by atoms with Crippen molar-refractivity contribution in [2.45, 2.75) is 19.4 Å². The molecule has 4 rings (SSSR count). The van der Waals surface area contributed by atoms with Gasteiger partial charge in [0.05, 0.1) is 46.2 Å². The summed E-state index contributed by atoms with van der Waals surface area (Å²) in [5.41, 5.74) is 1.86. The number of carbonyl (C=O) groups is 2. The molecule has 1 N–H and O–H groups in total. The van der Waals surface area contributed by atoms with E-state index in [1.165, 1.54) is 12.0 Å².